The molecule has 3 aliphatic carbocycles. The number of fused-ring (bicyclic) bond motifs is 3. The minimum atomic E-state index is -2.00. The van der Waals surface area contributed by atoms with Crippen molar-refractivity contribution in [1.29, 1.82) is 0 Å². The molecule has 0 spiro atoms. The predicted octanol–water partition coefficient (Wildman–Crippen LogP) is 4.45. The van der Waals surface area contributed by atoms with Gasteiger partial charge in [-0.15, -0.1) is 0 Å². The molecule has 6 aliphatic rings. The molecule has 1 aromatic carbocycles. The van der Waals surface area contributed by atoms with Crippen molar-refractivity contribution in [3.8, 4) is 0 Å². The summed E-state index contributed by atoms with van der Waals surface area (Å²) in [6.07, 6.45) is 8.11. The molecule has 0 amide bonds. The van der Waals surface area contributed by atoms with Gasteiger partial charge >= 0.3 is 11.9 Å². The molecule has 3 N–H and O–H groups in total. The van der Waals surface area contributed by atoms with Crippen LogP contribution < -0.4 is 0 Å². The molecule has 3 saturated carbocycles. The van der Waals surface area contributed by atoms with E-state index in [1.807, 2.05) is 56.3 Å². The fourth-order valence-corrected chi connectivity index (χ4v) is 9.94. The van der Waals surface area contributed by atoms with Gasteiger partial charge in [0.05, 0.1) is 12.2 Å². The maximum Gasteiger partial charge on any atom is 0.331 e. The number of allylic oxidation sites excluding steroid dienone is 3. The van der Waals surface area contributed by atoms with Crippen molar-refractivity contribution in [2.45, 2.75) is 119 Å². The molecule has 46 heavy (non-hydrogen) atoms. The first-order chi connectivity index (χ1) is 22.0. The fraction of sp³-hybridized carbons (Fsp3) is 0.649. The molecular weight excluding hydrogens is 588 g/mol. The number of benzene rings is 1. The van der Waals surface area contributed by atoms with Crippen molar-refractivity contribution in [1.82, 2.24) is 0 Å². The summed E-state index contributed by atoms with van der Waals surface area (Å²) in [5.74, 6) is -4.00. The average Bonchev–Trinajstić information content (AvgIpc) is 3.67. The molecule has 3 heterocycles. The van der Waals surface area contributed by atoms with Gasteiger partial charge < -0.3 is 39.0 Å². The van der Waals surface area contributed by atoms with E-state index in [0.717, 1.165) is 31.3 Å². The van der Waals surface area contributed by atoms with E-state index in [0.29, 0.717) is 18.4 Å². The highest BCUT2D eigenvalue weighted by Crippen LogP contribution is 2.75. The van der Waals surface area contributed by atoms with E-state index in [4.69, 9.17) is 23.7 Å². The Hall–Kier alpha value is -2.37. The van der Waals surface area contributed by atoms with Crippen molar-refractivity contribution in [2.24, 2.45) is 23.7 Å². The highest BCUT2D eigenvalue weighted by Gasteiger charge is 2.89. The van der Waals surface area contributed by atoms with E-state index in [1.54, 1.807) is 6.08 Å². The van der Waals surface area contributed by atoms with Crippen molar-refractivity contribution in [3.05, 3.63) is 72.4 Å². The summed E-state index contributed by atoms with van der Waals surface area (Å²) >= 11 is 0. The zero-order valence-corrected chi connectivity index (χ0v) is 27.3. The van der Waals surface area contributed by atoms with Gasteiger partial charge in [0, 0.05) is 23.5 Å². The van der Waals surface area contributed by atoms with E-state index < -0.39 is 77.2 Å². The van der Waals surface area contributed by atoms with Crippen LogP contribution in [0.3, 0.4) is 0 Å². The second-order valence-corrected chi connectivity index (χ2v) is 14.7. The van der Waals surface area contributed by atoms with Crippen molar-refractivity contribution in [3.63, 3.8) is 0 Å². The number of unbranched alkanes of at least 4 members (excludes halogenated alkanes) is 3. The summed E-state index contributed by atoms with van der Waals surface area (Å²) in [7, 11) is 0. The lowest BCUT2D eigenvalue weighted by molar-refractivity contribution is -0.443. The second-order valence-electron chi connectivity index (χ2n) is 14.7. The van der Waals surface area contributed by atoms with Gasteiger partial charge in [0.25, 0.3) is 0 Å². The monoisotopic (exact) mass is 636 g/mol. The molecule has 3 unspecified atom stereocenters. The van der Waals surface area contributed by atoms with Crippen molar-refractivity contribution >= 4 is 5.97 Å². The largest absolute Gasteiger partial charge is 0.456 e. The summed E-state index contributed by atoms with van der Waals surface area (Å²) in [5.41, 5.74) is -4.09. The van der Waals surface area contributed by atoms with Gasteiger partial charge in [0.15, 0.2) is 0 Å². The molecule has 250 valence electrons. The lowest BCUT2D eigenvalue weighted by Crippen LogP contribution is -2.72. The Bertz CT molecular complexity index is 1430. The van der Waals surface area contributed by atoms with Crippen LogP contribution >= 0.6 is 0 Å². The van der Waals surface area contributed by atoms with Gasteiger partial charge in [0.1, 0.15) is 41.2 Å². The molecule has 7 rings (SSSR count). The Morgan fingerprint density at radius 2 is 1.87 bits per heavy atom. The number of ether oxygens (including phenoxy) is 5. The Balaban J connectivity index is 1.30. The first-order valence-electron chi connectivity index (χ1n) is 17.0. The number of rotatable bonds is 10. The van der Waals surface area contributed by atoms with Gasteiger partial charge in [0.2, 0.25) is 0 Å². The second kappa shape index (κ2) is 11.1. The molecule has 3 aliphatic heterocycles. The van der Waals surface area contributed by atoms with Crippen LogP contribution in [-0.4, -0.2) is 74.7 Å². The van der Waals surface area contributed by atoms with Crippen LogP contribution in [0.15, 0.2) is 66.8 Å². The van der Waals surface area contributed by atoms with Crippen LogP contribution in [0, 0.1) is 23.7 Å². The summed E-state index contributed by atoms with van der Waals surface area (Å²) in [4.78, 5) is 13.2. The fourth-order valence-electron chi connectivity index (χ4n) is 9.94. The molecule has 1 aromatic rings. The Morgan fingerprint density at radius 1 is 1.11 bits per heavy atom. The smallest absolute Gasteiger partial charge is 0.331 e. The number of carbonyl (C=O) groups excluding carboxylic acids is 1. The van der Waals surface area contributed by atoms with Crippen LogP contribution in [-0.2, 0) is 34.5 Å². The van der Waals surface area contributed by atoms with E-state index in [1.165, 1.54) is 6.08 Å². The molecule has 3 saturated heterocycles. The average molecular weight is 637 g/mol. The third-order valence-electron chi connectivity index (χ3n) is 12.1. The first kappa shape index (κ1) is 32.2. The van der Waals surface area contributed by atoms with Gasteiger partial charge in [-0.1, -0.05) is 88.8 Å². The highest BCUT2D eigenvalue weighted by molar-refractivity contribution is 5.82. The number of hydrogen-bond donors (Lipinski definition) is 3. The predicted molar refractivity (Wildman–Crippen MR) is 168 cm³/mol. The molecule has 13 atom stereocenters. The van der Waals surface area contributed by atoms with E-state index in [2.05, 4.69) is 20.4 Å². The number of aliphatic hydroxyl groups excluding tert-OH is 2. The van der Waals surface area contributed by atoms with Crippen LogP contribution in [0.25, 0.3) is 0 Å². The minimum absolute atomic E-state index is 0.221. The molecule has 0 radical (unpaired) electrons. The maximum atomic E-state index is 13.2. The zero-order valence-electron chi connectivity index (χ0n) is 27.3. The highest BCUT2D eigenvalue weighted by atomic mass is 16.9. The molecule has 0 aromatic heterocycles. The minimum Gasteiger partial charge on any atom is -0.456 e. The number of epoxide rings is 1. The van der Waals surface area contributed by atoms with Crippen LogP contribution in [0.4, 0.5) is 0 Å². The van der Waals surface area contributed by atoms with Gasteiger partial charge in [-0.2, -0.15) is 0 Å². The first-order valence-corrected chi connectivity index (χ1v) is 17.0. The number of aliphatic hydroxyl groups is 3. The normalized spacial score (nSPS) is 48.2. The Morgan fingerprint density at radius 3 is 2.57 bits per heavy atom. The van der Waals surface area contributed by atoms with Crippen LogP contribution in [0.2, 0.25) is 0 Å². The molecule has 9 heteroatoms. The number of esters is 1. The van der Waals surface area contributed by atoms with Crippen LogP contribution in [0.1, 0.15) is 71.8 Å². The summed E-state index contributed by atoms with van der Waals surface area (Å²) < 4.78 is 33.3. The molecule has 3 bridgehead atoms. The van der Waals surface area contributed by atoms with Gasteiger partial charge in [-0.3, -0.25) is 0 Å². The quantitative estimate of drug-likeness (QED) is 0.0853. The van der Waals surface area contributed by atoms with E-state index in [9.17, 15) is 20.1 Å². The zero-order chi connectivity index (χ0) is 32.7. The molecule has 6 fully saturated rings. The summed E-state index contributed by atoms with van der Waals surface area (Å²) in [6.45, 7) is 11.9. The SMILES string of the molecule is C=C(C)[C@]12C[C@@H](C)[C@@]34O[C@](c5ccccc5)(OC1C3[C@@H]1O[C@]1(CO)[C@@H](O)[C@@]1(O)C4C[C@H](C)[C@@H]1OC(=O)/C=C/C=C/CCCCC)O2. The lowest BCUT2D eigenvalue weighted by atomic mass is 9.54. The van der Waals surface area contributed by atoms with Gasteiger partial charge in [-0.25, -0.2) is 4.79 Å². The lowest BCUT2D eigenvalue weighted by Gasteiger charge is -2.60. The molecule has 9 nitrogen and oxygen atoms in total. The molecular formula is C37H48O9. The van der Waals surface area contributed by atoms with Gasteiger partial charge in [-0.05, 0) is 50.0 Å². The third-order valence-corrected chi connectivity index (χ3v) is 12.1. The third kappa shape index (κ3) is 4.15. The maximum absolute atomic E-state index is 13.2. The van der Waals surface area contributed by atoms with E-state index >= 15 is 0 Å². The van der Waals surface area contributed by atoms with E-state index in [-0.39, 0.29) is 11.8 Å². The summed E-state index contributed by atoms with van der Waals surface area (Å²) in [5, 5.41) is 36.0. The van der Waals surface area contributed by atoms with Crippen molar-refractivity contribution in [2.75, 3.05) is 6.61 Å². The van der Waals surface area contributed by atoms with Crippen molar-refractivity contribution < 1.29 is 43.8 Å². The summed E-state index contributed by atoms with van der Waals surface area (Å²) in [6, 6.07) is 9.48. The number of carbonyl (C=O) groups is 1. The number of hydrogen-bond acceptors (Lipinski definition) is 9. The Labute approximate surface area is 271 Å². The Kier molecular flexibility index (Phi) is 7.76. The topological polar surface area (TPSA) is 127 Å². The van der Waals surface area contributed by atoms with Crippen LogP contribution in [0.5, 0.6) is 0 Å². The standard InChI is InChI=1S/C37H48O9/c1-6-7-8-9-10-11-15-18-27(39)42-29-23(4)19-26-35(29,41)32(40)34(21-38)31(43-34)28-30-33(22(2)3)20-24(5)36(26,28)46-37(44-30,45-33)25-16-13-12-14-17-25/h10-18,23-24,26,28-32,38,40-41H,2,6-9,19-21H2,1,3-5H3/b11-10+,18-15+/t23-,24+,26?,28?,29-,30?,31-,32+,33+,34-,35+,36-,37+/m0/s1.